The monoisotopic (exact) mass is 414 g/mol. The van der Waals surface area contributed by atoms with Crippen molar-refractivity contribution in [1.82, 2.24) is 25.5 Å². The van der Waals surface area contributed by atoms with Crippen molar-refractivity contribution in [1.29, 1.82) is 0 Å². The van der Waals surface area contributed by atoms with Gasteiger partial charge in [0.15, 0.2) is 5.83 Å². The van der Waals surface area contributed by atoms with E-state index in [1.54, 1.807) is 6.20 Å². The predicted octanol–water partition coefficient (Wildman–Crippen LogP) is 3.03. The standard InChI is InChI=1S/C21H24ClFN6/c1-2-3-6-29-7-4-5-14(13-29)9-24-21-18(23)12-27-20(28-21)17-11-26-19-16(17)8-15(22)10-25-19/h8,10-11,14,24H,4-7,9,12-13H2,1H3,(H,25,26)(H,27,28)/t14-/m0/s1. The van der Waals surface area contributed by atoms with Crippen molar-refractivity contribution in [3.8, 4) is 11.8 Å². The second-order valence-corrected chi connectivity index (χ2v) is 7.81. The normalized spacial score (nSPS) is 20.1. The maximum atomic E-state index is 14.4. The van der Waals surface area contributed by atoms with Crippen molar-refractivity contribution < 1.29 is 4.39 Å². The quantitative estimate of drug-likeness (QED) is 0.658. The molecule has 2 aliphatic heterocycles. The van der Waals surface area contributed by atoms with Gasteiger partial charge in [-0.25, -0.2) is 9.37 Å². The van der Waals surface area contributed by atoms with Crippen LogP contribution in [0.2, 0.25) is 5.02 Å². The Bertz CT molecular complexity index is 1020. The second kappa shape index (κ2) is 8.85. The summed E-state index contributed by atoms with van der Waals surface area (Å²) in [7, 11) is 0. The number of H-pyrrole nitrogens is 1. The fourth-order valence-corrected chi connectivity index (χ4v) is 3.98. The predicted molar refractivity (Wildman–Crippen MR) is 114 cm³/mol. The molecule has 2 aliphatic rings. The third-order valence-corrected chi connectivity index (χ3v) is 5.50. The number of piperidine rings is 1. The number of nitrogens with one attached hydrogen (secondary N) is 3. The summed E-state index contributed by atoms with van der Waals surface area (Å²) in [5.74, 6) is 7.26. The number of hydrogen-bond acceptors (Lipinski definition) is 5. The topological polar surface area (TPSA) is 68.3 Å². The molecule has 6 nitrogen and oxygen atoms in total. The third kappa shape index (κ3) is 4.55. The van der Waals surface area contributed by atoms with Crippen LogP contribution in [-0.4, -0.2) is 53.4 Å². The number of amidine groups is 1. The summed E-state index contributed by atoms with van der Waals surface area (Å²) in [5, 5.41) is 7.78. The van der Waals surface area contributed by atoms with Crippen LogP contribution in [-0.2, 0) is 0 Å². The van der Waals surface area contributed by atoms with Gasteiger partial charge < -0.3 is 15.6 Å². The summed E-state index contributed by atoms with van der Waals surface area (Å²) in [6, 6.07) is 1.83. The number of aromatic amines is 1. The first-order valence-electron chi connectivity index (χ1n) is 9.83. The van der Waals surface area contributed by atoms with Gasteiger partial charge in [0.1, 0.15) is 17.3 Å². The molecule has 0 aliphatic carbocycles. The first-order chi connectivity index (χ1) is 14.1. The van der Waals surface area contributed by atoms with E-state index in [-0.39, 0.29) is 12.4 Å². The Hall–Kier alpha value is -2.56. The third-order valence-electron chi connectivity index (χ3n) is 5.29. The number of rotatable bonds is 5. The Morgan fingerprint density at radius 3 is 3.21 bits per heavy atom. The summed E-state index contributed by atoms with van der Waals surface area (Å²) in [6.45, 7) is 5.44. The molecule has 0 saturated carbocycles. The van der Waals surface area contributed by atoms with Crippen molar-refractivity contribution in [2.45, 2.75) is 19.8 Å². The molecule has 1 atom stereocenters. The van der Waals surface area contributed by atoms with Gasteiger partial charge in [-0.3, -0.25) is 9.89 Å². The molecular weight excluding hydrogens is 391 g/mol. The molecule has 8 heteroatoms. The van der Waals surface area contributed by atoms with Gasteiger partial charge in [0.25, 0.3) is 0 Å². The van der Waals surface area contributed by atoms with E-state index >= 15 is 0 Å². The molecule has 1 saturated heterocycles. The summed E-state index contributed by atoms with van der Waals surface area (Å²) >= 11 is 6.09. The molecule has 152 valence electrons. The van der Waals surface area contributed by atoms with E-state index in [9.17, 15) is 4.39 Å². The molecule has 0 aromatic carbocycles. The van der Waals surface area contributed by atoms with Crippen LogP contribution < -0.4 is 10.6 Å². The number of aliphatic imine (C=N–C) groups is 1. The molecule has 0 spiro atoms. The fraction of sp³-hybridized carbons (Fsp3) is 0.429. The minimum Gasteiger partial charge on any atom is -0.369 e. The molecule has 4 heterocycles. The molecule has 29 heavy (non-hydrogen) atoms. The summed E-state index contributed by atoms with van der Waals surface area (Å²) < 4.78 is 14.4. The summed E-state index contributed by atoms with van der Waals surface area (Å²) in [4.78, 5) is 14.1. The van der Waals surface area contributed by atoms with E-state index in [1.165, 1.54) is 0 Å². The summed E-state index contributed by atoms with van der Waals surface area (Å²) in [5.41, 5.74) is 1.54. The van der Waals surface area contributed by atoms with Crippen LogP contribution in [0.15, 0.2) is 35.1 Å². The van der Waals surface area contributed by atoms with E-state index in [0.717, 1.165) is 49.1 Å². The highest BCUT2D eigenvalue weighted by Crippen LogP contribution is 2.22. The Labute approximate surface area is 174 Å². The van der Waals surface area contributed by atoms with Crippen molar-refractivity contribution in [2.24, 2.45) is 10.9 Å². The lowest BCUT2D eigenvalue weighted by atomic mass is 9.98. The van der Waals surface area contributed by atoms with E-state index in [4.69, 9.17) is 11.6 Å². The van der Waals surface area contributed by atoms with Crippen LogP contribution in [0.5, 0.6) is 0 Å². The molecule has 0 radical (unpaired) electrons. The van der Waals surface area contributed by atoms with Crippen LogP contribution in [0.3, 0.4) is 0 Å². The van der Waals surface area contributed by atoms with Gasteiger partial charge in [-0.05, 0) is 38.3 Å². The molecule has 2 aromatic heterocycles. The lowest BCUT2D eigenvalue weighted by Crippen LogP contribution is -2.42. The zero-order valence-electron chi connectivity index (χ0n) is 16.4. The Morgan fingerprint density at radius 2 is 2.34 bits per heavy atom. The molecule has 4 rings (SSSR count). The first-order valence-corrected chi connectivity index (χ1v) is 10.2. The molecule has 0 unspecified atom stereocenters. The van der Waals surface area contributed by atoms with Gasteiger partial charge in [0.2, 0.25) is 0 Å². The minimum absolute atomic E-state index is 0.00815. The molecular formula is C21H24ClFN6. The average Bonchev–Trinajstić information content (AvgIpc) is 3.15. The number of pyridine rings is 1. The van der Waals surface area contributed by atoms with Gasteiger partial charge in [0, 0.05) is 36.4 Å². The van der Waals surface area contributed by atoms with E-state index in [1.807, 2.05) is 19.2 Å². The van der Waals surface area contributed by atoms with Crippen molar-refractivity contribution in [2.75, 3.05) is 32.7 Å². The summed E-state index contributed by atoms with van der Waals surface area (Å²) in [6.07, 6.45) is 5.68. The molecule has 0 bridgehead atoms. The van der Waals surface area contributed by atoms with Gasteiger partial charge in [0.05, 0.1) is 18.1 Å². The SMILES string of the molecule is CC#CCN1CCC[C@@H](CNC2=C(F)CN=C(c3c[nH]c4ncc(Cl)cc34)N2)C1. The van der Waals surface area contributed by atoms with E-state index in [0.29, 0.717) is 29.1 Å². The first kappa shape index (κ1) is 19.7. The zero-order valence-corrected chi connectivity index (χ0v) is 17.1. The lowest BCUT2D eigenvalue weighted by molar-refractivity contribution is 0.192. The van der Waals surface area contributed by atoms with Crippen LogP contribution in [0.25, 0.3) is 11.0 Å². The lowest BCUT2D eigenvalue weighted by Gasteiger charge is -2.32. The van der Waals surface area contributed by atoms with E-state index < -0.39 is 0 Å². The van der Waals surface area contributed by atoms with Gasteiger partial charge in [-0.2, -0.15) is 0 Å². The highest BCUT2D eigenvalue weighted by molar-refractivity contribution is 6.31. The Kier molecular flexibility index (Phi) is 6.02. The van der Waals surface area contributed by atoms with Crippen molar-refractivity contribution in [3.05, 3.63) is 40.7 Å². The number of fused-ring (bicyclic) bond motifs is 1. The van der Waals surface area contributed by atoms with Gasteiger partial charge >= 0.3 is 0 Å². The minimum atomic E-state index is -0.283. The highest BCUT2D eigenvalue weighted by atomic mass is 35.5. The average molecular weight is 415 g/mol. The molecule has 3 N–H and O–H groups in total. The maximum absolute atomic E-state index is 14.4. The van der Waals surface area contributed by atoms with Crippen LogP contribution in [0.1, 0.15) is 25.3 Å². The van der Waals surface area contributed by atoms with Gasteiger partial charge in [-0.1, -0.05) is 17.5 Å². The van der Waals surface area contributed by atoms with Crippen LogP contribution in [0, 0.1) is 17.8 Å². The van der Waals surface area contributed by atoms with Crippen molar-refractivity contribution in [3.63, 3.8) is 0 Å². The van der Waals surface area contributed by atoms with Crippen molar-refractivity contribution >= 4 is 28.5 Å². The Balaban J connectivity index is 1.41. The van der Waals surface area contributed by atoms with Crippen LogP contribution in [0.4, 0.5) is 4.39 Å². The Morgan fingerprint density at radius 1 is 1.45 bits per heavy atom. The number of nitrogens with zero attached hydrogens (tertiary/aromatic N) is 3. The number of hydrogen-bond donors (Lipinski definition) is 3. The molecule has 0 amide bonds. The molecule has 2 aromatic rings. The van der Waals surface area contributed by atoms with Crippen LogP contribution >= 0.6 is 11.6 Å². The molecule has 1 fully saturated rings. The fourth-order valence-electron chi connectivity index (χ4n) is 3.82. The largest absolute Gasteiger partial charge is 0.369 e. The maximum Gasteiger partial charge on any atom is 0.162 e. The zero-order chi connectivity index (χ0) is 20.2. The van der Waals surface area contributed by atoms with E-state index in [2.05, 4.69) is 42.3 Å². The van der Waals surface area contributed by atoms with Gasteiger partial charge in [-0.15, -0.1) is 5.92 Å². The second-order valence-electron chi connectivity index (χ2n) is 7.37. The smallest absolute Gasteiger partial charge is 0.162 e. The highest BCUT2D eigenvalue weighted by Gasteiger charge is 2.22. The number of likely N-dealkylation sites (tertiary alicyclic amines) is 1. The number of aromatic nitrogens is 2. The number of halogens is 2.